The van der Waals surface area contributed by atoms with Gasteiger partial charge in [0.1, 0.15) is 4.90 Å². The number of nitrogens with zero attached hydrogens (tertiary/aromatic N) is 1. The van der Waals surface area contributed by atoms with Gasteiger partial charge in [0.2, 0.25) is 10.0 Å². The summed E-state index contributed by atoms with van der Waals surface area (Å²) in [6, 6.07) is 5.10. The van der Waals surface area contributed by atoms with Crippen LogP contribution in [0.3, 0.4) is 0 Å². The van der Waals surface area contributed by atoms with Gasteiger partial charge in [0.05, 0.1) is 6.61 Å². The molecule has 0 saturated carbocycles. The van der Waals surface area contributed by atoms with Gasteiger partial charge in [-0.2, -0.15) is 4.31 Å². The maximum atomic E-state index is 12.4. The molecule has 0 aliphatic carbocycles. The SMILES string of the molecule is COCCN(C)S(=O)(=O)c1c[nH]c2cc(N)ccc12. The second-order valence-electron chi connectivity index (χ2n) is 4.28. The number of ether oxygens (including phenoxy) is 1. The van der Waals surface area contributed by atoms with E-state index >= 15 is 0 Å². The molecule has 6 nitrogen and oxygen atoms in total. The van der Waals surface area contributed by atoms with Crippen molar-refractivity contribution in [3.8, 4) is 0 Å². The lowest BCUT2D eigenvalue weighted by Gasteiger charge is -2.15. The Morgan fingerprint density at radius 2 is 2.16 bits per heavy atom. The van der Waals surface area contributed by atoms with E-state index in [0.29, 0.717) is 29.7 Å². The highest BCUT2D eigenvalue weighted by molar-refractivity contribution is 7.89. The summed E-state index contributed by atoms with van der Waals surface area (Å²) in [5.41, 5.74) is 6.97. The van der Waals surface area contributed by atoms with E-state index in [9.17, 15) is 8.42 Å². The highest BCUT2D eigenvalue weighted by Gasteiger charge is 2.23. The van der Waals surface area contributed by atoms with Gasteiger partial charge in [-0.1, -0.05) is 0 Å². The number of nitrogens with two attached hydrogens (primary N) is 1. The van der Waals surface area contributed by atoms with Gasteiger partial charge in [-0.3, -0.25) is 0 Å². The van der Waals surface area contributed by atoms with Crippen molar-refractivity contribution in [1.82, 2.24) is 9.29 Å². The Bertz CT molecular complexity index is 679. The third-order valence-electron chi connectivity index (χ3n) is 2.97. The predicted molar refractivity (Wildman–Crippen MR) is 74.4 cm³/mol. The zero-order valence-electron chi connectivity index (χ0n) is 10.9. The Morgan fingerprint density at radius 3 is 2.84 bits per heavy atom. The van der Waals surface area contributed by atoms with Gasteiger partial charge in [-0.15, -0.1) is 0 Å². The molecular formula is C12H17N3O3S. The molecule has 0 radical (unpaired) electrons. The van der Waals surface area contributed by atoms with E-state index in [2.05, 4.69) is 4.98 Å². The van der Waals surface area contributed by atoms with Crippen LogP contribution in [0, 0.1) is 0 Å². The minimum Gasteiger partial charge on any atom is -0.399 e. The van der Waals surface area contributed by atoms with Gasteiger partial charge in [0.25, 0.3) is 0 Å². The molecular weight excluding hydrogens is 266 g/mol. The number of hydrogen-bond acceptors (Lipinski definition) is 4. The number of H-pyrrole nitrogens is 1. The van der Waals surface area contributed by atoms with Gasteiger partial charge in [0.15, 0.2) is 0 Å². The summed E-state index contributed by atoms with van der Waals surface area (Å²) in [5.74, 6) is 0. The van der Waals surface area contributed by atoms with Crippen molar-refractivity contribution in [1.29, 1.82) is 0 Å². The maximum absolute atomic E-state index is 12.4. The van der Waals surface area contributed by atoms with Crippen LogP contribution in [0.4, 0.5) is 5.69 Å². The van der Waals surface area contributed by atoms with Gasteiger partial charge in [-0.05, 0) is 18.2 Å². The van der Waals surface area contributed by atoms with Crippen molar-refractivity contribution in [2.45, 2.75) is 4.90 Å². The topological polar surface area (TPSA) is 88.4 Å². The number of sulfonamides is 1. The molecule has 0 aliphatic rings. The largest absolute Gasteiger partial charge is 0.399 e. The van der Waals surface area contributed by atoms with Crippen molar-refractivity contribution < 1.29 is 13.2 Å². The quantitative estimate of drug-likeness (QED) is 0.802. The van der Waals surface area contributed by atoms with Gasteiger partial charge < -0.3 is 15.5 Å². The fourth-order valence-electron chi connectivity index (χ4n) is 1.84. The molecule has 0 fully saturated rings. The number of nitrogen functional groups attached to an aromatic ring is 1. The van der Waals surface area contributed by atoms with E-state index in [0.717, 1.165) is 0 Å². The number of benzene rings is 1. The van der Waals surface area contributed by atoms with Crippen LogP contribution in [0.25, 0.3) is 10.9 Å². The van der Waals surface area contributed by atoms with E-state index in [1.165, 1.54) is 24.7 Å². The number of aromatic amines is 1. The molecule has 0 unspecified atom stereocenters. The van der Waals surface area contributed by atoms with Crippen molar-refractivity contribution in [2.24, 2.45) is 0 Å². The summed E-state index contributed by atoms with van der Waals surface area (Å²) in [5, 5.41) is 0.637. The zero-order valence-corrected chi connectivity index (χ0v) is 11.7. The lowest BCUT2D eigenvalue weighted by Crippen LogP contribution is -2.29. The Morgan fingerprint density at radius 1 is 1.42 bits per heavy atom. The summed E-state index contributed by atoms with van der Waals surface area (Å²) in [6.45, 7) is 0.658. The Balaban J connectivity index is 2.43. The van der Waals surface area contributed by atoms with Crippen LogP contribution in [-0.2, 0) is 14.8 Å². The summed E-state index contributed by atoms with van der Waals surface area (Å²) < 4.78 is 31.0. The fraction of sp³-hybridized carbons (Fsp3) is 0.333. The average molecular weight is 283 g/mol. The molecule has 1 heterocycles. The molecule has 1 aromatic heterocycles. The van der Waals surface area contributed by atoms with Crippen LogP contribution in [0.1, 0.15) is 0 Å². The van der Waals surface area contributed by atoms with Gasteiger partial charge >= 0.3 is 0 Å². The first-order valence-corrected chi connectivity index (χ1v) is 7.22. The maximum Gasteiger partial charge on any atom is 0.245 e. The highest BCUT2D eigenvalue weighted by atomic mass is 32.2. The van der Waals surface area contributed by atoms with E-state index < -0.39 is 10.0 Å². The number of hydrogen-bond donors (Lipinski definition) is 2. The molecule has 2 rings (SSSR count). The molecule has 19 heavy (non-hydrogen) atoms. The number of rotatable bonds is 5. The van der Waals surface area contributed by atoms with Crippen molar-refractivity contribution in [2.75, 3.05) is 33.0 Å². The van der Waals surface area contributed by atoms with E-state index in [1.54, 1.807) is 18.2 Å². The van der Waals surface area contributed by atoms with Gasteiger partial charge in [-0.25, -0.2) is 8.42 Å². The summed E-state index contributed by atoms with van der Waals surface area (Å²) in [4.78, 5) is 3.18. The summed E-state index contributed by atoms with van der Waals surface area (Å²) >= 11 is 0. The number of nitrogens with one attached hydrogen (secondary N) is 1. The summed E-state index contributed by atoms with van der Waals surface area (Å²) in [7, 11) is -0.457. The standard InChI is InChI=1S/C12H17N3O3S/c1-15(5-6-18-2)19(16,17)12-8-14-11-7-9(13)3-4-10(11)12/h3-4,7-8,14H,5-6,13H2,1-2H3. The lowest BCUT2D eigenvalue weighted by atomic mass is 10.2. The number of anilines is 1. The molecule has 0 atom stereocenters. The molecule has 0 saturated heterocycles. The molecule has 1 aromatic carbocycles. The van der Waals surface area contributed by atoms with Gasteiger partial charge in [0, 0.05) is 43.5 Å². The van der Waals surface area contributed by atoms with Crippen molar-refractivity contribution in [3.63, 3.8) is 0 Å². The molecule has 7 heteroatoms. The van der Waals surface area contributed by atoms with Crippen LogP contribution in [-0.4, -0.2) is 45.0 Å². The first kappa shape index (κ1) is 13.9. The molecule has 0 amide bonds. The average Bonchev–Trinajstić information content (AvgIpc) is 2.79. The minimum atomic E-state index is -3.53. The van der Waals surface area contributed by atoms with E-state index in [1.807, 2.05) is 0 Å². The van der Waals surface area contributed by atoms with Crippen LogP contribution >= 0.6 is 0 Å². The normalized spacial score (nSPS) is 12.4. The van der Waals surface area contributed by atoms with Crippen molar-refractivity contribution in [3.05, 3.63) is 24.4 Å². The smallest absolute Gasteiger partial charge is 0.245 e. The van der Waals surface area contributed by atoms with Crippen LogP contribution in [0.5, 0.6) is 0 Å². The van der Waals surface area contributed by atoms with Crippen LogP contribution in [0.2, 0.25) is 0 Å². The minimum absolute atomic E-state index is 0.251. The van der Waals surface area contributed by atoms with Crippen LogP contribution < -0.4 is 5.73 Å². The van der Waals surface area contributed by atoms with Crippen molar-refractivity contribution >= 4 is 26.6 Å². The monoisotopic (exact) mass is 283 g/mol. The van der Waals surface area contributed by atoms with E-state index in [-0.39, 0.29) is 4.90 Å². The second kappa shape index (κ2) is 5.20. The zero-order chi connectivity index (χ0) is 14.0. The molecule has 0 aliphatic heterocycles. The number of fused-ring (bicyclic) bond motifs is 1. The third kappa shape index (κ3) is 2.58. The molecule has 104 valence electrons. The first-order chi connectivity index (χ1) is 8.96. The highest BCUT2D eigenvalue weighted by Crippen LogP contribution is 2.26. The number of aromatic nitrogens is 1. The van der Waals surface area contributed by atoms with Crippen LogP contribution in [0.15, 0.2) is 29.3 Å². The first-order valence-electron chi connectivity index (χ1n) is 5.78. The molecule has 0 spiro atoms. The predicted octanol–water partition coefficient (Wildman–Crippen LogP) is 1.02. The third-order valence-corrected chi connectivity index (χ3v) is 4.86. The molecule has 3 N–H and O–H groups in total. The Hall–Kier alpha value is -1.57. The molecule has 0 bridgehead atoms. The summed E-state index contributed by atoms with van der Waals surface area (Å²) in [6.07, 6.45) is 1.49. The fourth-order valence-corrected chi connectivity index (χ4v) is 3.15. The molecule has 2 aromatic rings. The lowest BCUT2D eigenvalue weighted by molar-refractivity contribution is 0.185. The second-order valence-corrected chi connectivity index (χ2v) is 6.29. The Kier molecular flexibility index (Phi) is 3.79. The Labute approximate surface area is 112 Å². The number of likely N-dealkylation sites (N-methyl/N-ethyl adjacent to an activating group) is 1. The number of methoxy groups -OCH3 is 1. The van der Waals surface area contributed by atoms with E-state index in [4.69, 9.17) is 10.5 Å².